The van der Waals surface area contributed by atoms with Crippen molar-refractivity contribution in [2.24, 2.45) is 5.92 Å². The van der Waals surface area contributed by atoms with Crippen molar-refractivity contribution in [3.63, 3.8) is 0 Å². The van der Waals surface area contributed by atoms with Crippen molar-refractivity contribution in [2.75, 3.05) is 5.32 Å². The molecule has 1 N–H and O–H groups in total. The van der Waals surface area contributed by atoms with Gasteiger partial charge in [0.2, 0.25) is 5.91 Å². The Balaban J connectivity index is 1.83. The predicted molar refractivity (Wildman–Crippen MR) is 93.8 cm³/mol. The van der Waals surface area contributed by atoms with Crippen molar-refractivity contribution >= 4 is 23.4 Å². The molecule has 0 saturated heterocycles. The zero-order valence-corrected chi connectivity index (χ0v) is 14.3. The van der Waals surface area contributed by atoms with Crippen LogP contribution in [0, 0.1) is 16.0 Å². The summed E-state index contributed by atoms with van der Waals surface area (Å²) in [5.74, 6) is -0.0553. The molecule has 0 aliphatic carbocycles. The smallest absolute Gasteiger partial charge is 0.429 e. The third-order valence-corrected chi connectivity index (χ3v) is 3.35. The fraction of sp³-hybridized carbons (Fsp3) is 0.222. The molecule has 0 bridgehead atoms. The SMILES string of the molecule is CC(C)C(=O)Nc1ccc(COC(=O)Oc2ccc([N+](=O)[O-])cc2)cc1. The molecular formula is C18H18N2O6. The number of non-ortho nitro benzene ring substituents is 1. The lowest BCUT2D eigenvalue weighted by Crippen LogP contribution is -2.17. The Morgan fingerprint density at radius 2 is 1.69 bits per heavy atom. The molecular weight excluding hydrogens is 340 g/mol. The zero-order chi connectivity index (χ0) is 19.1. The number of carbonyl (C=O) groups excluding carboxylic acids is 2. The number of rotatable bonds is 6. The summed E-state index contributed by atoms with van der Waals surface area (Å²) >= 11 is 0. The van der Waals surface area contributed by atoms with Crippen LogP contribution in [0.3, 0.4) is 0 Å². The molecule has 0 fully saturated rings. The summed E-state index contributed by atoms with van der Waals surface area (Å²) in [4.78, 5) is 33.3. The standard InChI is InChI=1S/C18H18N2O6/c1-12(2)17(21)19-14-5-3-13(4-6-14)11-25-18(22)26-16-9-7-15(8-10-16)20(23)24/h3-10,12H,11H2,1-2H3,(H,19,21). The molecule has 2 aromatic rings. The molecule has 0 saturated carbocycles. The minimum Gasteiger partial charge on any atom is -0.429 e. The molecule has 136 valence electrons. The highest BCUT2D eigenvalue weighted by Gasteiger charge is 2.10. The van der Waals surface area contributed by atoms with E-state index in [0.29, 0.717) is 11.3 Å². The minimum absolute atomic E-state index is 0.00970. The Hall–Kier alpha value is -3.42. The molecule has 0 spiro atoms. The van der Waals surface area contributed by atoms with Crippen LogP contribution in [0.4, 0.5) is 16.2 Å². The van der Waals surface area contributed by atoms with E-state index in [-0.39, 0.29) is 29.9 Å². The van der Waals surface area contributed by atoms with E-state index in [1.807, 2.05) is 0 Å². The van der Waals surface area contributed by atoms with Gasteiger partial charge in [0.1, 0.15) is 12.4 Å². The number of nitro groups is 1. The van der Waals surface area contributed by atoms with E-state index >= 15 is 0 Å². The maximum atomic E-state index is 11.7. The van der Waals surface area contributed by atoms with Gasteiger partial charge in [-0.25, -0.2) is 4.79 Å². The molecule has 26 heavy (non-hydrogen) atoms. The summed E-state index contributed by atoms with van der Waals surface area (Å²) in [6.45, 7) is 3.59. The van der Waals surface area contributed by atoms with Gasteiger partial charge in [-0.05, 0) is 29.8 Å². The van der Waals surface area contributed by atoms with Crippen molar-refractivity contribution < 1.29 is 24.0 Å². The largest absolute Gasteiger partial charge is 0.514 e. The van der Waals surface area contributed by atoms with Gasteiger partial charge in [0.15, 0.2) is 0 Å². The maximum absolute atomic E-state index is 11.7. The molecule has 2 aromatic carbocycles. The number of hydrogen-bond acceptors (Lipinski definition) is 6. The third-order valence-electron chi connectivity index (χ3n) is 3.35. The number of nitrogens with zero attached hydrogens (tertiary/aromatic N) is 1. The van der Waals surface area contributed by atoms with Crippen LogP contribution in [0.15, 0.2) is 48.5 Å². The van der Waals surface area contributed by atoms with E-state index in [0.717, 1.165) is 0 Å². The van der Waals surface area contributed by atoms with Crippen LogP contribution >= 0.6 is 0 Å². The van der Waals surface area contributed by atoms with Crippen LogP contribution < -0.4 is 10.1 Å². The average molecular weight is 358 g/mol. The van der Waals surface area contributed by atoms with Crippen molar-refractivity contribution in [3.05, 3.63) is 64.2 Å². The van der Waals surface area contributed by atoms with Gasteiger partial charge in [0.05, 0.1) is 4.92 Å². The van der Waals surface area contributed by atoms with Gasteiger partial charge in [-0.2, -0.15) is 0 Å². The first-order valence-electron chi connectivity index (χ1n) is 7.84. The van der Waals surface area contributed by atoms with Crippen LogP contribution in [-0.4, -0.2) is 17.0 Å². The van der Waals surface area contributed by atoms with Crippen molar-refractivity contribution in [2.45, 2.75) is 20.5 Å². The first kappa shape index (κ1) is 18.9. The van der Waals surface area contributed by atoms with E-state index in [1.54, 1.807) is 38.1 Å². The first-order chi connectivity index (χ1) is 12.3. The van der Waals surface area contributed by atoms with Crippen LogP contribution in [0.2, 0.25) is 0 Å². The molecule has 1 amide bonds. The number of ether oxygens (including phenoxy) is 2. The van der Waals surface area contributed by atoms with Gasteiger partial charge in [0, 0.05) is 23.7 Å². The second-order valence-electron chi connectivity index (χ2n) is 5.73. The van der Waals surface area contributed by atoms with E-state index in [4.69, 9.17) is 9.47 Å². The third kappa shape index (κ3) is 5.59. The molecule has 8 heteroatoms. The zero-order valence-electron chi connectivity index (χ0n) is 14.3. The molecule has 0 aliphatic heterocycles. The van der Waals surface area contributed by atoms with Gasteiger partial charge in [-0.1, -0.05) is 26.0 Å². The molecule has 0 heterocycles. The quantitative estimate of drug-likeness (QED) is 0.363. The second kappa shape index (κ2) is 8.61. The topological polar surface area (TPSA) is 108 Å². The number of nitro benzene ring substituents is 1. The number of benzene rings is 2. The van der Waals surface area contributed by atoms with Crippen molar-refractivity contribution in [3.8, 4) is 5.75 Å². The first-order valence-corrected chi connectivity index (χ1v) is 7.84. The van der Waals surface area contributed by atoms with Crippen LogP contribution in [0.25, 0.3) is 0 Å². The predicted octanol–water partition coefficient (Wildman–Crippen LogP) is 3.90. The maximum Gasteiger partial charge on any atom is 0.514 e. The lowest BCUT2D eigenvalue weighted by atomic mass is 10.2. The van der Waals surface area contributed by atoms with Gasteiger partial charge >= 0.3 is 6.16 Å². The number of amides is 1. The highest BCUT2D eigenvalue weighted by Crippen LogP contribution is 2.18. The molecule has 8 nitrogen and oxygen atoms in total. The van der Waals surface area contributed by atoms with Crippen LogP contribution in [-0.2, 0) is 16.1 Å². The Bertz CT molecular complexity index is 784. The van der Waals surface area contributed by atoms with Gasteiger partial charge in [0.25, 0.3) is 5.69 Å². The van der Waals surface area contributed by atoms with Gasteiger partial charge in [-0.3, -0.25) is 14.9 Å². The fourth-order valence-corrected chi connectivity index (χ4v) is 1.87. The lowest BCUT2D eigenvalue weighted by Gasteiger charge is -2.09. The highest BCUT2D eigenvalue weighted by atomic mass is 16.7. The fourth-order valence-electron chi connectivity index (χ4n) is 1.87. The summed E-state index contributed by atoms with van der Waals surface area (Å²) in [7, 11) is 0. The molecule has 0 aliphatic rings. The second-order valence-corrected chi connectivity index (χ2v) is 5.73. The Morgan fingerprint density at radius 3 is 2.23 bits per heavy atom. The molecule has 0 aromatic heterocycles. The number of hydrogen-bond donors (Lipinski definition) is 1. The summed E-state index contributed by atoms with van der Waals surface area (Å²) in [6.07, 6.45) is -0.920. The molecule has 0 radical (unpaired) electrons. The number of nitrogens with one attached hydrogen (secondary N) is 1. The lowest BCUT2D eigenvalue weighted by molar-refractivity contribution is -0.384. The Morgan fingerprint density at radius 1 is 1.08 bits per heavy atom. The van der Waals surface area contributed by atoms with Crippen molar-refractivity contribution in [1.82, 2.24) is 0 Å². The minimum atomic E-state index is -0.920. The van der Waals surface area contributed by atoms with Crippen LogP contribution in [0.5, 0.6) is 5.75 Å². The molecule has 0 atom stereocenters. The molecule has 0 unspecified atom stereocenters. The summed E-state index contributed by atoms with van der Waals surface area (Å²) in [5.41, 5.74) is 1.27. The van der Waals surface area contributed by atoms with Crippen molar-refractivity contribution in [1.29, 1.82) is 0 Å². The number of anilines is 1. The van der Waals surface area contributed by atoms with E-state index in [2.05, 4.69) is 5.32 Å². The van der Waals surface area contributed by atoms with Gasteiger partial charge < -0.3 is 14.8 Å². The highest BCUT2D eigenvalue weighted by molar-refractivity contribution is 5.92. The summed E-state index contributed by atoms with van der Waals surface area (Å²) in [6, 6.07) is 11.9. The monoisotopic (exact) mass is 358 g/mol. The van der Waals surface area contributed by atoms with Crippen LogP contribution in [0.1, 0.15) is 19.4 Å². The van der Waals surface area contributed by atoms with E-state index in [1.165, 1.54) is 24.3 Å². The van der Waals surface area contributed by atoms with E-state index in [9.17, 15) is 19.7 Å². The normalized spacial score (nSPS) is 10.3. The van der Waals surface area contributed by atoms with E-state index < -0.39 is 11.1 Å². The summed E-state index contributed by atoms with van der Waals surface area (Å²) < 4.78 is 9.92. The molecule has 2 rings (SSSR count). The average Bonchev–Trinajstić information content (AvgIpc) is 2.61. The Labute approximate surface area is 149 Å². The number of carbonyl (C=O) groups is 2. The summed E-state index contributed by atoms with van der Waals surface area (Å²) in [5, 5.41) is 13.3. The van der Waals surface area contributed by atoms with Gasteiger partial charge in [-0.15, -0.1) is 0 Å². The Kier molecular flexibility index (Phi) is 6.26.